The van der Waals surface area contributed by atoms with Crippen LogP contribution >= 0.6 is 0 Å². The summed E-state index contributed by atoms with van der Waals surface area (Å²) in [6, 6.07) is 7.28. The van der Waals surface area contributed by atoms with E-state index in [1.54, 1.807) is 45.0 Å². The molecule has 1 heterocycles. The van der Waals surface area contributed by atoms with Crippen LogP contribution in [0.1, 0.15) is 31.1 Å². The van der Waals surface area contributed by atoms with E-state index in [2.05, 4.69) is 5.32 Å². The maximum Gasteiger partial charge on any atom is 0.351 e. The minimum absolute atomic E-state index is 0.328. The highest BCUT2D eigenvalue weighted by Crippen LogP contribution is 2.13. The molecule has 0 fully saturated rings. The Balaban J connectivity index is 1.98. The van der Waals surface area contributed by atoms with E-state index in [4.69, 9.17) is 9.15 Å². The van der Waals surface area contributed by atoms with Gasteiger partial charge in [0.25, 0.3) is 5.91 Å². The zero-order valence-electron chi connectivity index (χ0n) is 14.0. The van der Waals surface area contributed by atoms with E-state index in [0.717, 1.165) is 0 Å². The number of amides is 3. The van der Waals surface area contributed by atoms with Crippen molar-refractivity contribution in [3.05, 3.63) is 46.3 Å². The summed E-state index contributed by atoms with van der Waals surface area (Å²) in [7, 11) is 0. The van der Waals surface area contributed by atoms with Crippen LogP contribution in [-0.2, 0) is 9.53 Å². The minimum Gasteiger partial charge on any atom is -0.452 e. The summed E-state index contributed by atoms with van der Waals surface area (Å²) >= 11 is 0. The molecule has 0 aliphatic heterocycles. The lowest BCUT2D eigenvalue weighted by atomic mass is 10.1. The van der Waals surface area contributed by atoms with Crippen LogP contribution < -0.4 is 16.3 Å². The Kier molecular flexibility index (Phi) is 5.21. The second-order valence-electron chi connectivity index (χ2n) is 6.31. The van der Waals surface area contributed by atoms with Gasteiger partial charge in [0.05, 0.1) is 0 Å². The van der Waals surface area contributed by atoms with Crippen LogP contribution in [0.15, 0.2) is 39.5 Å². The van der Waals surface area contributed by atoms with Gasteiger partial charge in [0.2, 0.25) is 0 Å². The van der Waals surface area contributed by atoms with Gasteiger partial charge in [0.1, 0.15) is 11.1 Å². The molecule has 3 amide bonds. The highest BCUT2D eigenvalue weighted by atomic mass is 16.5. The fourth-order valence-corrected chi connectivity index (χ4v) is 1.95. The second-order valence-corrected chi connectivity index (χ2v) is 6.31. The number of fused-ring (bicyclic) bond motifs is 1. The molecule has 1 aromatic heterocycles. The van der Waals surface area contributed by atoms with Gasteiger partial charge in [-0.05, 0) is 32.9 Å². The van der Waals surface area contributed by atoms with E-state index >= 15 is 0 Å². The number of rotatable bonds is 3. The summed E-state index contributed by atoms with van der Waals surface area (Å²) < 4.78 is 9.78. The molecule has 0 atom stereocenters. The van der Waals surface area contributed by atoms with Crippen LogP contribution in [0, 0.1) is 0 Å². The molecule has 25 heavy (non-hydrogen) atoms. The lowest BCUT2D eigenvalue weighted by Crippen LogP contribution is -2.49. The summed E-state index contributed by atoms with van der Waals surface area (Å²) in [4.78, 5) is 46.9. The molecule has 0 saturated heterocycles. The Morgan fingerprint density at radius 3 is 2.52 bits per heavy atom. The Hall–Kier alpha value is -3.16. The zero-order chi connectivity index (χ0) is 18.6. The largest absolute Gasteiger partial charge is 0.452 e. The first-order chi connectivity index (χ1) is 11.7. The number of hydrogen-bond acceptors (Lipinski definition) is 6. The van der Waals surface area contributed by atoms with Gasteiger partial charge in [0, 0.05) is 10.9 Å². The van der Waals surface area contributed by atoms with Crippen molar-refractivity contribution in [2.45, 2.75) is 26.3 Å². The lowest BCUT2D eigenvalue weighted by molar-refractivity contribution is -0.123. The van der Waals surface area contributed by atoms with E-state index in [9.17, 15) is 19.2 Å². The lowest BCUT2D eigenvalue weighted by Gasteiger charge is -2.20. The number of nitrogens with one attached hydrogen (secondary N) is 2. The maximum atomic E-state index is 12.0. The van der Waals surface area contributed by atoms with Gasteiger partial charge in [-0.3, -0.25) is 10.1 Å². The Morgan fingerprint density at radius 1 is 1.16 bits per heavy atom. The molecule has 2 N–H and O–H groups in total. The number of ether oxygens (including phenoxy) is 1. The van der Waals surface area contributed by atoms with Crippen molar-refractivity contribution in [3.8, 4) is 0 Å². The second kappa shape index (κ2) is 7.16. The number of para-hydroxylation sites is 1. The van der Waals surface area contributed by atoms with Gasteiger partial charge in [-0.2, -0.15) is 0 Å². The monoisotopic (exact) mass is 346 g/mol. The number of imide groups is 1. The van der Waals surface area contributed by atoms with E-state index < -0.39 is 35.7 Å². The molecule has 0 radical (unpaired) electrons. The first-order valence-corrected chi connectivity index (χ1v) is 7.48. The Labute approximate surface area is 143 Å². The first kappa shape index (κ1) is 18.2. The van der Waals surface area contributed by atoms with Crippen LogP contribution in [0.3, 0.4) is 0 Å². The number of esters is 1. The number of carbonyl (C=O) groups is 3. The molecule has 0 aliphatic carbocycles. The average Bonchev–Trinajstić information content (AvgIpc) is 2.50. The smallest absolute Gasteiger partial charge is 0.351 e. The summed E-state index contributed by atoms with van der Waals surface area (Å²) in [5.74, 6) is -1.83. The van der Waals surface area contributed by atoms with Gasteiger partial charge in [-0.15, -0.1) is 0 Å². The van der Waals surface area contributed by atoms with Crippen molar-refractivity contribution in [3.63, 3.8) is 0 Å². The molecular weight excluding hydrogens is 328 g/mol. The number of carbonyl (C=O) groups excluding carboxylic acids is 3. The Bertz CT molecular complexity index is 879. The number of hydrogen-bond donors (Lipinski definition) is 2. The predicted octanol–water partition coefficient (Wildman–Crippen LogP) is 1.57. The molecule has 0 saturated carbocycles. The third-order valence-corrected chi connectivity index (χ3v) is 2.94. The highest BCUT2D eigenvalue weighted by molar-refractivity contribution is 5.97. The first-order valence-electron chi connectivity index (χ1n) is 7.48. The van der Waals surface area contributed by atoms with Crippen LogP contribution in [0.4, 0.5) is 4.79 Å². The van der Waals surface area contributed by atoms with E-state index in [0.29, 0.717) is 11.0 Å². The van der Waals surface area contributed by atoms with Crippen molar-refractivity contribution in [1.29, 1.82) is 0 Å². The van der Waals surface area contributed by atoms with E-state index in [-0.39, 0.29) is 5.56 Å². The van der Waals surface area contributed by atoms with Crippen molar-refractivity contribution in [1.82, 2.24) is 10.6 Å². The predicted molar refractivity (Wildman–Crippen MR) is 89.2 cm³/mol. The fraction of sp³-hybridized carbons (Fsp3) is 0.294. The average molecular weight is 346 g/mol. The molecule has 2 rings (SSSR count). The SMILES string of the molecule is CC(C)(C)NC(=O)NC(=O)COC(=O)c1cc2ccccc2oc1=O. The van der Waals surface area contributed by atoms with Crippen molar-refractivity contribution >= 4 is 28.9 Å². The topological polar surface area (TPSA) is 115 Å². The van der Waals surface area contributed by atoms with Gasteiger partial charge < -0.3 is 14.5 Å². The van der Waals surface area contributed by atoms with Crippen molar-refractivity contribution < 1.29 is 23.5 Å². The molecule has 8 heteroatoms. The van der Waals surface area contributed by atoms with Crippen LogP contribution in [0.2, 0.25) is 0 Å². The molecule has 0 unspecified atom stereocenters. The number of benzene rings is 1. The van der Waals surface area contributed by atoms with E-state index in [1.807, 2.05) is 5.32 Å². The van der Waals surface area contributed by atoms with Gasteiger partial charge in [0.15, 0.2) is 6.61 Å². The third-order valence-electron chi connectivity index (χ3n) is 2.94. The molecule has 0 aliphatic rings. The molecule has 0 spiro atoms. The third kappa shape index (κ3) is 5.17. The van der Waals surface area contributed by atoms with Gasteiger partial charge in [-0.1, -0.05) is 18.2 Å². The van der Waals surface area contributed by atoms with Gasteiger partial charge >= 0.3 is 17.6 Å². The standard InChI is InChI=1S/C17H18N2O6/c1-17(2,3)19-16(23)18-13(20)9-24-14(21)11-8-10-6-4-5-7-12(10)25-15(11)22/h4-8H,9H2,1-3H3,(H2,18,19,20,23). The zero-order valence-corrected chi connectivity index (χ0v) is 14.0. The van der Waals surface area contributed by atoms with Crippen molar-refractivity contribution in [2.24, 2.45) is 0 Å². The Morgan fingerprint density at radius 2 is 1.84 bits per heavy atom. The summed E-state index contributed by atoms with van der Waals surface area (Å²) in [6.45, 7) is 4.53. The molecule has 1 aromatic carbocycles. The fourth-order valence-electron chi connectivity index (χ4n) is 1.95. The van der Waals surface area contributed by atoms with E-state index in [1.165, 1.54) is 6.07 Å². The van der Waals surface area contributed by atoms with Crippen LogP contribution in [0.25, 0.3) is 11.0 Å². The summed E-state index contributed by atoms with van der Waals surface area (Å²) in [6.07, 6.45) is 0. The molecular formula is C17H18N2O6. The van der Waals surface area contributed by atoms with Gasteiger partial charge in [-0.25, -0.2) is 14.4 Å². The quantitative estimate of drug-likeness (QED) is 0.644. The van der Waals surface area contributed by atoms with Crippen LogP contribution in [0.5, 0.6) is 0 Å². The normalized spacial score (nSPS) is 11.0. The molecule has 0 bridgehead atoms. The molecule has 132 valence electrons. The number of urea groups is 1. The maximum absolute atomic E-state index is 12.0. The summed E-state index contributed by atoms with van der Waals surface area (Å²) in [5.41, 5.74) is -1.38. The molecule has 8 nitrogen and oxygen atoms in total. The van der Waals surface area contributed by atoms with Crippen LogP contribution in [-0.4, -0.2) is 30.1 Å². The minimum atomic E-state index is -1.01. The van der Waals surface area contributed by atoms with Crippen molar-refractivity contribution in [2.75, 3.05) is 6.61 Å². The molecule has 2 aromatic rings. The summed E-state index contributed by atoms with van der Waals surface area (Å²) in [5, 5.41) is 5.09. The highest BCUT2D eigenvalue weighted by Gasteiger charge is 2.19.